The molecule has 0 spiro atoms. The van der Waals surface area contributed by atoms with E-state index in [2.05, 4.69) is 11.6 Å². The quantitative estimate of drug-likeness (QED) is 0.530. The molecule has 1 heterocycles. The first-order chi connectivity index (χ1) is 14.4. The molecule has 0 radical (unpaired) electrons. The third-order valence-corrected chi connectivity index (χ3v) is 5.24. The smallest absolute Gasteiger partial charge is 0.335 e. The number of likely N-dealkylation sites (N-methyl/N-ethyl adjacent to an activating group) is 1. The van der Waals surface area contributed by atoms with Gasteiger partial charge in [0.25, 0.3) is 5.91 Å². The third kappa shape index (κ3) is 4.72. The number of carbonyl (C=O) groups is 2. The maximum Gasteiger partial charge on any atom is 0.335 e. The Labute approximate surface area is 178 Å². The number of benzene rings is 2. The van der Waals surface area contributed by atoms with Crippen LogP contribution in [0.4, 0.5) is 5.69 Å². The summed E-state index contributed by atoms with van der Waals surface area (Å²) in [5.74, 6) is -0.0262. The first-order valence-corrected chi connectivity index (χ1v) is 9.76. The molecule has 0 unspecified atom stereocenters. The molecule has 8 heteroatoms. The van der Waals surface area contributed by atoms with Crippen LogP contribution in [0.2, 0.25) is 0 Å². The Morgan fingerprint density at radius 3 is 2.60 bits per heavy atom. The summed E-state index contributed by atoms with van der Waals surface area (Å²) in [5, 5.41) is 9.49. The molecule has 2 aromatic carbocycles. The lowest BCUT2D eigenvalue weighted by atomic mass is 10.2. The van der Waals surface area contributed by atoms with E-state index in [4.69, 9.17) is 14.6 Å². The predicted octanol–water partition coefficient (Wildman–Crippen LogP) is 4.19. The number of hydrogen-bond donors (Lipinski definition) is 1. The molecule has 154 valence electrons. The SMILES string of the molecule is C=CCOc1ccc(C=C2SC(=Nc3ccc(C(=O)O)cc3)N(C)C2=O)cc1OC. The van der Waals surface area contributed by atoms with Crippen LogP contribution in [0, 0.1) is 0 Å². The van der Waals surface area contributed by atoms with E-state index in [9.17, 15) is 9.59 Å². The summed E-state index contributed by atoms with van der Waals surface area (Å²) >= 11 is 1.24. The Balaban J connectivity index is 1.84. The molecular formula is C22H20N2O5S. The van der Waals surface area contributed by atoms with Crippen LogP contribution in [-0.2, 0) is 4.79 Å². The summed E-state index contributed by atoms with van der Waals surface area (Å²) in [6.07, 6.45) is 3.41. The van der Waals surface area contributed by atoms with Gasteiger partial charge in [-0.15, -0.1) is 0 Å². The first kappa shape index (κ1) is 21.2. The highest BCUT2D eigenvalue weighted by molar-refractivity contribution is 8.18. The average Bonchev–Trinajstić information content (AvgIpc) is 3.00. The molecular weight excluding hydrogens is 404 g/mol. The van der Waals surface area contributed by atoms with E-state index in [0.29, 0.717) is 33.9 Å². The topological polar surface area (TPSA) is 88.4 Å². The summed E-state index contributed by atoms with van der Waals surface area (Å²) in [6, 6.07) is 11.6. The number of methoxy groups -OCH3 is 1. The van der Waals surface area contributed by atoms with Gasteiger partial charge in [-0.1, -0.05) is 18.7 Å². The fourth-order valence-electron chi connectivity index (χ4n) is 2.63. The van der Waals surface area contributed by atoms with Gasteiger partial charge in [-0.2, -0.15) is 0 Å². The summed E-state index contributed by atoms with van der Waals surface area (Å²) in [5.41, 5.74) is 1.53. The lowest BCUT2D eigenvalue weighted by molar-refractivity contribution is -0.121. The van der Waals surface area contributed by atoms with Crippen molar-refractivity contribution in [2.24, 2.45) is 4.99 Å². The molecule has 0 aliphatic carbocycles. The summed E-state index contributed by atoms with van der Waals surface area (Å²) in [7, 11) is 3.20. The normalized spacial score (nSPS) is 16.2. The molecule has 1 aliphatic heterocycles. The molecule has 1 N–H and O–H groups in total. The van der Waals surface area contributed by atoms with Crippen molar-refractivity contribution in [2.45, 2.75) is 0 Å². The Bertz CT molecular complexity index is 1040. The second-order valence-electron chi connectivity index (χ2n) is 6.23. The molecule has 30 heavy (non-hydrogen) atoms. The number of rotatable bonds is 7. The number of carbonyl (C=O) groups excluding carboxylic acids is 1. The highest BCUT2D eigenvalue weighted by atomic mass is 32.2. The van der Waals surface area contributed by atoms with E-state index < -0.39 is 5.97 Å². The van der Waals surface area contributed by atoms with Crippen LogP contribution in [0.5, 0.6) is 11.5 Å². The van der Waals surface area contributed by atoms with Gasteiger partial charge in [0.15, 0.2) is 16.7 Å². The number of amides is 1. The highest BCUT2D eigenvalue weighted by Crippen LogP contribution is 2.35. The summed E-state index contributed by atoms with van der Waals surface area (Å²) in [6.45, 7) is 3.99. The van der Waals surface area contributed by atoms with E-state index in [1.54, 1.807) is 50.6 Å². The Hall–Kier alpha value is -3.52. The Kier molecular flexibility index (Phi) is 6.58. The van der Waals surface area contributed by atoms with E-state index >= 15 is 0 Å². The zero-order chi connectivity index (χ0) is 21.7. The second-order valence-corrected chi connectivity index (χ2v) is 7.24. The number of aromatic carboxylic acids is 1. The number of amidine groups is 1. The van der Waals surface area contributed by atoms with Crippen LogP contribution in [0.1, 0.15) is 15.9 Å². The number of carboxylic acid groups (broad SMARTS) is 1. The minimum Gasteiger partial charge on any atom is -0.493 e. The number of thioether (sulfide) groups is 1. The van der Waals surface area contributed by atoms with Crippen molar-refractivity contribution in [3.05, 3.63) is 71.2 Å². The zero-order valence-corrected chi connectivity index (χ0v) is 17.3. The summed E-state index contributed by atoms with van der Waals surface area (Å²) < 4.78 is 10.9. The van der Waals surface area contributed by atoms with Gasteiger partial charge in [0.1, 0.15) is 6.61 Å². The van der Waals surface area contributed by atoms with E-state index in [1.807, 2.05) is 6.07 Å². The Morgan fingerprint density at radius 2 is 1.97 bits per heavy atom. The maximum absolute atomic E-state index is 12.6. The van der Waals surface area contributed by atoms with Crippen LogP contribution in [-0.4, -0.2) is 47.8 Å². The highest BCUT2D eigenvalue weighted by Gasteiger charge is 2.30. The van der Waals surface area contributed by atoms with Crippen LogP contribution in [0.25, 0.3) is 6.08 Å². The molecule has 1 fully saturated rings. The van der Waals surface area contributed by atoms with Crippen molar-refractivity contribution in [3.8, 4) is 11.5 Å². The van der Waals surface area contributed by atoms with Gasteiger partial charge in [0.05, 0.1) is 23.3 Å². The third-order valence-electron chi connectivity index (χ3n) is 4.18. The van der Waals surface area contributed by atoms with Gasteiger partial charge in [0, 0.05) is 7.05 Å². The Morgan fingerprint density at radius 1 is 1.23 bits per heavy atom. The van der Waals surface area contributed by atoms with E-state index in [0.717, 1.165) is 5.56 Å². The van der Waals surface area contributed by atoms with E-state index in [1.165, 1.54) is 28.8 Å². The summed E-state index contributed by atoms with van der Waals surface area (Å²) in [4.78, 5) is 30.0. The molecule has 0 saturated carbocycles. The molecule has 7 nitrogen and oxygen atoms in total. The minimum atomic E-state index is -1.00. The number of ether oxygens (including phenoxy) is 2. The van der Waals surface area contributed by atoms with Crippen LogP contribution < -0.4 is 9.47 Å². The molecule has 0 aromatic heterocycles. The van der Waals surface area contributed by atoms with Gasteiger partial charge in [-0.3, -0.25) is 9.69 Å². The van der Waals surface area contributed by atoms with Crippen molar-refractivity contribution in [1.82, 2.24) is 4.90 Å². The number of carboxylic acids is 1. The van der Waals surface area contributed by atoms with Crippen molar-refractivity contribution in [3.63, 3.8) is 0 Å². The van der Waals surface area contributed by atoms with Crippen molar-refractivity contribution < 1.29 is 24.2 Å². The monoisotopic (exact) mass is 424 g/mol. The van der Waals surface area contributed by atoms with Crippen LogP contribution >= 0.6 is 11.8 Å². The van der Waals surface area contributed by atoms with Gasteiger partial charge in [-0.25, -0.2) is 9.79 Å². The predicted molar refractivity (Wildman–Crippen MR) is 118 cm³/mol. The molecule has 1 aliphatic rings. The average molecular weight is 424 g/mol. The molecule has 0 bridgehead atoms. The minimum absolute atomic E-state index is 0.174. The fraction of sp³-hybridized carbons (Fsp3) is 0.136. The van der Waals surface area contributed by atoms with Gasteiger partial charge in [0.2, 0.25) is 0 Å². The number of nitrogens with zero attached hydrogens (tertiary/aromatic N) is 2. The van der Waals surface area contributed by atoms with Crippen molar-refractivity contribution >= 4 is 40.6 Å². The van der Waals surface area contributed by atoms with Crippen molar-refractivity contribution in [2.75, 3.05) is 20.8 Å². The zero-order valence-electron chi connectivity index (χ0n) is 16.5. The van der Waals surface area contributed by atoms with Gasteiger partial charge < -0.3 is 14.6 Å². The van der Waals surface area contributed by atoms with Crippen LogP contribution in [0.15, 0.2) is 65.0 Å². The van der Waals surface area contributed by atoms with Crippen LogP contribution in [0.3, 0.4) is 0 Å². The standard InChI is InChI=1S/C22H20N2O5S/c1-4-11-29-17-10-5-14(12-18(17)28-3)13-19-20(25)24(2)22(30-19)23-16-8-6-15(7-9-16)21(26)27/h4-10,12-13H,1,11H2,2-3H3,(H,26,27). The molecule has 2 aromatic rings. The molecule has 3 rings (SSSR count). The maximum atomic E-state index is 12.6. The van der Waals surface area contributed by atoms with Crippen molar-refractivity contribution in [1.29, 1.82) is 0 Å². The number of hydrogen-bond acceptors (Lipinski definition) is 6. The molecule has 0 atom stereocenters. The molecule has 1 amide bonds. The van der Waals surface area contributed by atoms with E-state index in [-0.39, 0.29) is 11.5 Å². The fourth-order valence-corrected chi connectivity index (χ4v) is 3.62. The molecule has 1 saturated heterocycles. The van der Waals surface area contributed by atoms with Gasteiger partial charge >= 0.3 is 5.97 Å². The van der Waals surface area contributed by atoms with Gasteiger partial charge in [-0.05, 0) is 59.8 Å². The number of aliphatic imine (C=N–C) groups is 1. The first-order valence-electron chi connectivity index (χ1n) is 8.94. The largest absolute Gasteiger partial charge is 0.493 e. The second kappa shape index (κ2) is 9.32. The lowest BCUT2D eigenvalue weighted by Gasteiger charge is -2.10. The lowest BCUT2D eigenvalue weighted by Crippen LogP contribution is -2.23.